The number of nitrogens with zero attached hydrogens (tertiary/aromatic N) is 2. The molecule has 2 heterocycles. The minimum atomic E-state index is 0.818. The average Bonchev–Trinajstić information content (AvgIpc) is 3.72. The van der Waals surface area contributed by atoms with Gasteiger partial charge in [-0.1, -0.05) is 164 Å². The number of rotatable bonds is 5. The van der Waals surface area contributed by atoms with Crippen LogP contribution in [0, 0.1) is 0 Å². The van der Waals surface area contributed by atoms with Crippen LogP contribution in [0.3, 0.4) is 0 Å². The predicted octanol–water partition coefficient (Wildman–Crippen LogP) is 19.3. The van der Waals surface area contributed by atoms with E-state index in [1.165, 1.54) is 44.2 Å². The molecule has 0 radical (unpaired) electrons. The van der Waals surface area contributed by atoms with Crippen LogP contribution in [0.1, 0.15) is 11.1 Å². The van der Waals surface area contributed by atoms with Gasteiger partial charge in [-0.2, -0.15) is 0 Å². The predicted molar refractivity (Wildman–Crippen MR) is 298 cm³/mol. The molecule has 0 N–H and O–H groups in total. The lowest BCUT2D eigenvalue weighted by Crippen LogP contribution is -2.16. The molecule has 4 heteroatoms. The van der Waals surface area contributed by atoms with Gasteiger partial charge >= 0.3 is 0 Å². The summed E-state index contributed by atoms with van der Waals surface area (Å²) in [6.45, 7) is 4.58. The highest BCUT2D eigenvalue weighted by atomic mass is 16.5. The first-order valence-corrected chi connectivity index (χ1v) is 24.5. The van der Waals surface area contributed by atoms with E-state index in [1.807, 2.05) is 24.3 Å². The van der Waals surface area contributed by atoms with E-state index in [-0.39, 0.29) is 0 Å². The highest BCUT2D eigenvalue weighted by molar-refractivity contribution is 6.25. The van der Waals surface area contributed by atoms with Gasteiger partial charge in [-0.25, -0.2) is 0 Å². The van der Waals surface area contributed by atoms with Gasteiger partial charge in [-0.15, -0.1) is 0 Å². The van der Waals surface area contributed by atoms with Crippen LogP contribution in [0.4, 0.5) is 34.1 Å². The molecule has 336 valence electrons. The first-order chi connectivity index (χ1) is 35.6. The Morgan fingerprint density at radius 2 is 0.736 bits per heavy atom. The van der Waals surface area contributed by atoms with E-state index < -0.39 is 0 Å². The molecule has 72 heavy (non-hydrogen) atoms. The fraction of sp³-hybridized carbons (Fsp3) is 0. The minimum Gasteiger partial charge on any atom is -0.453 e. The molecule has 0 amide bonds. The third kappa shape index (κ3) is 6.06. The van der Waals surface area contributed by atoms with Crippen molar-refractivity contribution in [1.29, 1.82) is 0 Å². The van der Waals surface area contributed by atoms with Gasteiger partial charge in [0.1, 0.15) is 0 Å². The molecule has 12 aromatic rings. The first-order valence-electron chi connectivity index (χ1n) is 24.5. The standard InChI is InChI=1S/C68H42N2O2/c1-42-49-20-4-5-22-51(49)52-35-32-45(39-56(42)52)44-18-14-19-46(38-44)67-54-36-33-48(70-61-26-8-12-30-65(61)72-66-31-13-9-27-62(66)70)41-58(54)68(53-23-15-17-43-16-2-3-21-50(43)53)55-37-34-47(40-57(55)67)69-59-24-6-10-28-63(59)71-64-29-11-7-25-60(64)69/h2-41H,1H2. The summed E-state index contributed by atoms with van der Waals surface area (Å²) >= 11 is 0. The molecular weight excluding hydrogens is 877 g/mol. The Labute approximate surface area is 417 Å². The number of fused-ring (bicyclic) bond motifs is 10. The largest absolute Gasteiger partial charge is 0.453 e. The van der Waals surface area contributed by atoms with E-state index in [2.05, 4.69) is 235 Å². The maximum absolute atomic E-state index is 6.54. The maximum atomic E-state index is 6.54. The summed E-state index contributed by atoms with van der Waals surface area (Å²) in [5.74, 6) is 3.27. The lowest BCUT2D eigenvalue weighted by atomic mass is 9.83. The number of para-hydroxylation sites is 8. The fourth-order valence-corrected chi connectivity index (χ4v) is 11.7. The molecule has 0 atom stereocenters. The zero-order chi connectivity index (χ0) is 47.4. The van der Waals surface area contributed by atoms with E-state index in [0.717, 1.165) is 106 Å². The number of ether oxygens (including phenoxy) is 2. The lowest BCUT2D eigenvalue weighted by molar-refractivity contribution is 0.477. The SMILES string of the molecule is C=C1c2ccccc2-c2ccc(-c3cccc(-c4c5cc(N6c7ccccc7Oc7ccccc76)ccc5c(-c5cccc6ccccc56)c5cc(N6c7ccccc7Oc7ccccc76)ccc45)c3)cc21. The van der Waals surface area contributed by atoms with Gasteiger partial charge in [-0.3, -0.25) is 0 Å². The van der Waals surface area contributed by atoms with Crippen LogP contribution in [0.5, 0.6) is 23.0 Å². The van der Waals surface area contributed by atoms with Crippen molar-refractivity contribution in [3.8, 4) is 67.5 Å². The summed E-state index contributed by atoms with van der Waals surface area (Å²) < 4.78 is 13.1. The van der Waals surface area contributed by atoms with Crippen molar-refractivity contribution in [2.75, 3.05) is 9.80 Å². The Kier molecular flexibility index (Phi) is 8.78. The van der Waals surface area contributed by atoms with Crippen molar-refractivity contribution >= 4 is 72.0 Å². The third-order valence-electron chi connectivity index (χ3n) is 14.9. The highest BCUT2D eigenvalue weighted by Crippen LogP contribution is 2.55. The van der Waals surface area contributed by atoms with Gasteiger partial charge in [-0.05, 0) is 178 Å². The van der Waals surface area contributed by atoms with Gasteiger partial charge in [0.15, 0.2) is 23.0 Å². The van der Waals surface area contributed by atoms with Crippen molar-refractivity contribution in [1.82, 2.24) is 0 Å². The van der Waals surface area contributed by atoms with E-state index in [4.69, 9.17) is 9.47 Å². The quantitative estimate of drug-likeness (QED) is 0.161. The Morgan fingerprint density at radius 3 is 1.38 bits per heavy atom. The average molecular weight is 919 g/mol. The maximum Gasteiger partial charge on any atom is 0.151 e. The van der Waals surface area contributed by atoms with Crippen LogP contribution in [0.2, 0.25) is 0 Å². The molecule has 4 nitrogen and oxygen atoms in total. The molecular formula is C68H42N2O2. The molecule has 12 aromatic carbocycles. The van der Waals surface area contributed by atoms with Crippen LogP contribution in [-0.2, 0) is 0 Å². The Morgan fingerprint density at radius 1 is 0.278 bits per heavy atom. The van der Waals surface area contributed by atoms with E-state index >= 15 is 0 Å². The van der Waals surface area contributed by atoms with E-state index in [0.29, 0.717) is 0 Å². The fourth-order valence-electron chi connectivity index (χ4n) is 11.7. The molecule has 0 saturated carbocycles. The molecule has 1 aliphatic carbocycles. The summed E-state index contributed by atoms with van der Waals surface area (Å²) in [7, 11) is 0. The molecule has 0 fully saturated rings. The molecule has 0 bridgehead atoms. The molecule has 0 saturated heterocycles. The zero-order valence-electron chi connectivity index (χ0n) is 39.0. The summed E-state index contributed by atoms with van der Waals surface area (Å²) in [4.78, 5) is 4.70. The molecule has 0 aromatic heterocycles. The second-order valence-electron chi connectivity index (χ2n) is 18.8. The van der Waals surface area contributed by atoms with E-state index in [1.54, 1.807) is 0 Å². The normalized spacial score (nSPS) is 12.9. The van der Waals surface area contributed by atoms with Crippen LogP contribution < -0.4 is 19.3 Å². The zero-order valence-corrected chi connectivity index (χ0v) is 39.0. The molecule has 0 unspecified atom stereocenters. The molecule has 15 rings (SSSR count). The van der Waals surface area contributed by atoms with Crippen molar-refractivity contribution < 1.29 is 9.47 Å². The Bertz CT molecular complexity index is 4190. The van der Waals surface area contributed by atoms with Crippen LogP contribution in [-0.4, -0.2) is 0 Å². The van der Waals surface area contributed by atoms with Crippen molar-refractivity contribution in [3.05, 3.63) is 260 Å². The first kappa shape index (κ1) is 40.3. The van der Waals surface area contributed by atoms with Crippen molar-refractivity contribution in [3.63, 3.8) is 0 Å². The summed E-state index contributed by atoms with van der Waals surface area (Å²) in [6.07, 6.45) is 0. The summed E-state index contributed by atoms with van der Waals surface area (Å²) in [6, 6.07) is 87.5. The van der Waals surface area contributed by atoms with Gasteiger partial charge in [0.2, 0.25) is 0 Å². The van der Waals surface area contributed by atoms with Crippen LogP contribution in [0.25, 0.3) is 82.4 Å². The van der Waals surface area contributed by atoms with Crippen LogP contribution >= 0.6 is 0 Å². The van der Waals surface area contributed by atoms with Crippen molar-refractivity contribution in [2.24, 2.45) is 0 Å². The van der Waals surface area contributed by atoms with Crippen LogP contribution in [0.15, 0.2) is 249 Å². The van der Waals surface area contributed by atoms with E-state index in [9.17, 15) is 0 Å². The summed E-state index contributed by atoms with van der Waals surface area (Å²) in [5.41, 5.74) is 18.9. The highest BCUT2D eigenvalue weighted by Gasteiger charge is 2.30. The smallest absolute Gasteiger partial charge is 0.151 e. The second kappa shape index (κ2) is 15.7. The van der Waals surface area contributed by atoms with Gasteiger partial charge < -0.3 is 19.3 Å². The third-order valence-corrected chi connectivity index (χ3v) is 14.9. The number of anilines is 6. The van der Waals surface area contributed by atoms with Gasteiger partial charge in [0, 0.05) is 11.4 Å². The molecule has 0 spiro atoms. The molecule has 3 aliphatic rings. The number of hydrogen-bond acceptors (Lipinski definition) is 4. The lowest BCUT2D eigenvalue weighted by Gasteiger charge is -2.33. The van der Waals surface area contributed by atoms with Gasteiger partial charge in [0.25, 0.3) is 0 Å². The summed E-state index contributed by atoms with van der Waals surface area (Å²) in [5, 5.41) is 7.00. The topological polar surface area (TPSA) is 24.9 Å². The monoisotopic (exact) mass is 918 g/mol. The van der Waals surface area contributed by atoms with Crippen molar-refractivity contribution in [2.45, 2.75) is 0 Å². The minimum absolute atomic E-state index is 0.818. The Balaban J connectivity index is 1.03. The Hall–Kier alpha value is -9.64. The number of benzene rings is 12. The molecule has 2 aliphatic heterocycles. The van der Waals surface area contributed by atoms with Gasteiger partial charge in [0.05, 0.1) is 22.7 Å². The number of hydrogen-bond donors (Lipinski definition) is 0. The second-order valence-corrected chi connectivity index (χ2v) is 18.8.